The largest absolute Gasteiger partial charge is 0.473 e. The average Bonchev–Trinajstić information content (AvgIpc) is 0.762. The van der Waals surface area contributed by atoms with E-state index in [0.29, 0.717) is 40.4 Å². The monoisotopic (exact) mass is 1520 g/mol. The highest BCUT2D eigenvalue weighted by Gasteiger charge is 2.33. The van der Waals surface area contributed by atoms with Gasteiger partial charge in [-0.3, -0.25) is 0 Å². The minimum Gasteiger partial charge on any atom is -0.473 e. The molecule has 0 N–H and O–H groups in total. The lowest BCUT2D eigenvalue weighted by atomic mass is 9.75. The summed E-state index contributed by atoms with van der Waals surface area (Å²) in [5.74, 6) is 6.00. The van der Waals surface area contributed by atoms with Crippen molar-refractivity contribution in [1.82, 2.24) is 0 Å². The summed E-state index contributed by atoms with van der Waals surface area (Å²) in [4.78, 5) is 13.7. The Morgan fingerprint density at radius 2 is 0.513 bits per heavy atom. The average molecular weight is 1520 g/mol. The number of rotatable bonds is 20. The Morgan fingerprint density at radius 1 is 0.261 bits per heavy atom. The second-order valence-electron chi connectivity index (χ2n) is 31.6. The van der Waals surface area contributed by atoms with Gasteiger partial charge in [0.05, 0.1) is 0 Å². The van der Waals surface area contributed by atoms with Gasteiger partial charge in [0, 0.05) is 118 Å². The second-order valence-corrected chi connectivity index (χ2v) is 31.6. The first-order valence-corrected chi connectivity index (χ1v) is 40.2. The summed E-state index contributed by atoms with van der Waals surface area (Å²) in [5, 5.41) is 0. The van der Waals surface area contributed by atoms with Crippen LogP contribution >= 0.6 is 0 Å². The van der Waals surface area contributed by atoms with Crippen molar-refractivity contribution < 1.29 is 28.4 Å². The molecule has 0 atom stereocenters. The highest BCUT2D eigenvalue weighted by molar-refractivity contribution is 5.62. The molecule has 115 heavy (non-hydrogen) atoms. The molecule has 12 nitrogen and oxygen atoms in total. The highest BCUT2D eigenvalue weighted by atomic mass is 16.5. The second kappa shape index (κ2) is 34.3. The van der Waals surface area contributed by atoms with Crippen LogP contribution in [0.1, 0.15) is 117 Å². The van der Waals surface area contributed by atoms with E-state index in [4.69, 9.17) is 28.4 Å². The molecule has 12 aromatic rings. The van der Waals surface area contributed by atoms with Crippen LogP contribution in [0.15, 0.2) is 318 Å². The molecule has 6 aliphatic rings. The quantitative estimate of drug-likeness (QED) is 0.0682. The van der Waals surface area contributed by atoms with Crippen LogP contribution in [0.25, 0.3) is 0 Å². The fourth-order valence-corrected chi connectivity index (χ4v) is 16.7. The van der Waals surface area contributed by atoms with E-state index in [1.165, 1.54) is 123 Å². The summed E-state index contributed by atoms with van der Waals surface area (Å²) >= 11 is 0. The number of anilines is 6. The molecule has 0 amide bonds. The lowest BCUT2D eigenvalue weighted by molar-refractivity contribution is 0.286. The van der Waals surface area contributed by atoms with Crippen molar-refractivity contribution in [2.24, 2.45) is 0 Å². The molecule has 0 bridgehead atoms. The number of hydrogen-bond donors (Lipinski definition) is 0. The smallest absolute Gasteiger partial charge is 0.161 e. The predicted octanol–water partition coefficient (Wildman–Crippen LogP) is 22.4. The van der Waals surface area contributed by atoms with E-state index in [1.807, 2.05) is 72.8 Å². The molecular weight excluding hydrogens is 1420 g/mol. The maximum Gasteiger partial charge on any atom is 0.161 e. The van der Waals surface area contributed by atoms with Crippen LogP contribution < -0.4 is 57.8 Å². The van der Waals surface area contributed by atoms with Crippen molar-refractivity contribution in [3.05, 3.63) is 407 Å². The fraction of sp³-hybridized carbons (Fsp3) is 0.223. The lowest BCUT2D eigenvalue weighted by Gasteiger charge is -2.36. The highest BCUT2D eigenvalue weighted by Crippen LogP contribution is 2.45. The molecule has 0 unspecified atom stereocenters. The summed E-state index contributed by atoms with van der Waals surface area (Å²) in [6, 6.07) is 94.8. The summed E-state index contributed by atoms with van der Waals surface area (Å²) in [6.45, 7) is 33.6. The minimum absolute atomic E-state index is 0.104. The van der Waals surface area contributed by atoms with Gasteiger partial charge < -0.3 is 57.8 Å². The molecule has 0 aromatic heterocycles. The van der Waals surface area contributed by atoms with Crippen LogP contribution in [0.5, 0.6) is 34.5 Å². The summed E-state index contributed by atoms with van der Waals surface area (Å²) in [6.07, 6.45) is 11.8. The Kier molecular flexibility index (Phi) is 22.7. The summed E-state index contributed by atoms with van der Waals surface area (Å²) in [5.41, 5.74) is 26.5. The van der Waals surface area contributed by atoms with Gasteiger partial charge in [0.25, 0.3) is 0 Å². The number of fused-ring (bicyclic) bond motifs is 6. The molecule has 0 aliphatic carbocycles. The first kappa shape index (κ1) is 76.2. The number of nitrogens with zero attached hydrogens (tertiary/aromatic N) is 6. The maximum atomic E-state index is 6.37. The molecule has 580 valence electrons. The van der Waals surface area contributed by atoms with Crippen molar-refractivity contribution >= 4 is 34.1 Å². The molecular formula is C103H102N6O6. The van der Waals surface area contributed by atoms with E-state index in [2.05, 4.69) is 302 Å². The molecule has 0 radical (unpaired) electrons. The van der Waals surface area contributed by atoms with Crippen molar-refractivity contribution in [2.45, 2.75) is 110 Å². The lowest BCUT2D eigenvalue weighted by Crippen LogP contribution is -2.33. The standard InChI is InChI=1S/C37H38N2O2.C35H34N2O2.C31H30N2O2/c1-5-13-27-19-31(21-29-23-38(25-40-35(27)29)33-15-9-7-10-16-33)37(3,4)32-20-28(14-6-2)36-30(22-32)24-39(26-41-36)34-17-11-8-12-18-34;1-3-11-28-18-26(20-30-22-36(24-38-34(28)30)32-13-7-5-8-14-32)17-27-19-29(12-4-2)35-31(21-27)23-37(25-39-35)33-15-9-6-10-16-33;1-31(2,25-11-15-27(16-12-25)32-19-23-7-3-5-9-29(23)34-21-32)26-13-17-28(18-14-26)33-20-24-8-4-6-10-30(24)35-22-33/h5-12,15-22H,1-2,13-14,23-26H2,3-4H3;3-10,13-16,18-21H,1-2,11-12,17,22-25H2;3-18H,19-22H2,1-2H3. The topological polar surface area (TPSA) is 74.8 Å². The van der Waals surface area contributed by atoms with Crippen LogP contribution in [0.4, 0.5) is 34.1 Å². The van der Waals surface area contributed by atoms with Crippen LogP contribution in [0.3, 0.4) is 0 Å². The Morgan fingerprint density at radius 3 is 0.826 bits per heavy atom. The van der Waals surface area contributed by atoms with Gasteiger partial charge in [-0.1, -0.05) is 210 Å². The first-order chi connectivity index (χ1) is 56.3. The zero-order chi connectivity index (χ0) is 78.8. The van der Waals surface area contributed by atoms with Gasteiger partial charge >= 0.3 is 0 Å². The van der Waals surface area contributed by atoms with Gasteiger partial charge in [-0.05, 0) is 197 Å². The molecule has 12 aromatic carbocycles. The van der Waals surface area contributed by atoms with Gasteiger partial charge in [-0.25, -0.2) is 0 Å². The molecule has 6 heterocycles. The van der Waals surface area contributed by atoms with Crippen molar-refractivity contribution in [1.29, 1.82) is 0 Å². The van der Waals surface area contributed by atoms with Gasteiger partial charge in [-0.15, -0.1) is 26.3 Å². The normalized spacial score (nSPS) is 14.5. The summed E-state index contributed by atoms with van der Waals surface area (Å²) < 4.78 is 37.3. The van der Waals surface area contributed by atoms with E-state index in [0.717, 1.165) is 106 Å². The van der Waals surface area contributed by atoms with Crippen LogP contribution in [-0.2, 0) is 82.2 Å². The molecule has 6 aliphatic heterocycles. The van der Waals surface area contributed by atoms with Crippen molar-refractivity contribution in [2.75, 3.05) is 69.8 Å². The zero-order valence-corrected chi connectivity index (χ0v) is 66.7. The van der Waals surface area contributed by atoms with Gasteiger partial charge in [0.1, 0.15) is 34.5 Å². The Balaban J connectivity index is 0.000000130. The van der Waals surface area contributed by atoms with Crippen LogP contribution in [0, 0.1) is 0 Å². The Bertz CT molecular complexity index is 5110. The van der Waals surface area contributed by atoms with Crippen molar-refractivity contribution in [3.63, 3.8) is 0 Å². The van der Waals surface area contributed by atoms with Crippen molar-refractivity contribution in [3.8, 4) is 34.5 Å². The van der Waals surface area contributed by atoms with Gasteiger partial charge in [-0.2, -0.15) is 0 Å². The van der Waals surface area contributed by atoms with Crippen LogP contribution in [-0.4, -0.2) is 40.4 Å². The minimum atomic E-state index is -0.250. The number of hydrogen-bond acceptors (Lipinski definition) is 12. The molecule has 0 saturated carbocycles. The van der Waals surface area contributed by atoms with E-state index in [1.54, 1.807) is 0 Å². The van der Waals surface area contributed by atoms with E-state index < -0.39 is 0 Å². The molecule has 0 fully saturated rings. The van der Waals surface area contributed by atoms with Gasteiger partial charge in [0.2, 0.25) is 0 Å². The third-order valence-corrected chi connectivity index (χ3v) is 23.1. The molecule has 12 heteroatoms. The van der Waals surface area contributed by atoms with Crippen LogP contribution in [0.2, 0.25) is 0 Å². The summed E-state index contributed by atoms with van der Waals surface area (Å²) in [7, 11) is 0. The SMILES string of the molecule is C=CCc1cc(C(C)(C)c2cc(CC=C)c3c(c2)CN(c2ccccc2)CO3)cc2c1OCN(c1ccccc1)C2.C=CCc1cc(Cc2cc(CC=C)c3c(c2)CN(c2ccccc2)CO3)cc2c1OCN(c1ccccc1)C2.CC(C)(c1ccc(N2COc3ccccc3C2)cc1)c1ccc(N2COc3ccccc3C2)cc1. The Labute approximate surface area is 679 Å². The van der Waals surface area contributed by atoms with E-state index in [-0.39, 0.29) is 10.8 Å². The number of allylic oxidation sites excluding steroid dienone is 4. The van der Waals surface area contributed by atoms with E-state index >= 15 is 0 Å². The van der Waals surface area contributed by atoms with Gasteiger partial charge in [0.15, 0.2) is 40.4 Å². The molecule has 0 saturated heterocycles. The molecule has 0 spiro atoms. The third kappa shape index (κ3) is 16.8. The predicted molar refractivity (Wildman–Crippen MR) is 470 cm³/mol. The Hall–Kier alpha value is -12.8. The number of ether oxygens (including phenoxy) is 6. The number of para-hydroxylation sites is 6. The molecule has 18 rings (SSSR count). The zero-order valence-electron chi connectivity index (χ0n) is 66.7. The number of benzene rings is 12. The maximum absolute atomic E-state index is 6.37. The van der Waals surface area contributed by atoms with E-state index in [9.17, 15) is 0 Å². The fourth-order valence-electron chi connectivity index (χ4n) is 16.7. The first-order valence-electron chi connectivity index (χ1n) is 40.2. The third-order valence-electron chi connectivity index (χ3n) is 23.1.